The molecule has 0 aliphatic heterocycles. The minimum atomic E-state index is -3.20. The maximum atomic E-state index is 14.3. The van der Waals surface area contributed by atoms with Crippen molar-refractivity contribution in [3.63, 3.8) is 0 Å². The molecule has 0 N–H and O–H groups in total. The van der Waals surface area contributed by atoms with E-state index in [1.54, 1.807) is 0 Å². The number of unbranched alkanes of at least 4 members (excludes halogenated alkanes) is 4. The Bertz CT molecular complexity index is 1330. The molecule has 0 saturated carbocycles. The van der Waals surface area contributed by atoms with Crippen molar-refractivity contribution in [2.24, 2.45) is 0 Å². The standard InChI is InChI=1S/C44H71O7P/c1-13-17-25-43(26-18-14-2,31-39(45)48-37-29-33(5)21-23-35(37)41(7,8)9)50-52(47)51-44(27-19-15-3,28-20-16-4)32-40(46)49-38-30-34(6)22-24-36(38)42(10,11)12/h21-24,29-30,52H,13-20,25-28,31-32H2,1-12H3. The highest BCUT2D eigenvalue weighted by molar-refractivity contribution is 7.33. The summed E-state index contributed by atoms with van der Waals surface area (Å²) in [6, 6.07) is 11.9. The van der Waals surface area contributed by atoms with Crippen LogP contribution in [-0.4, -0.2) is 23.1 Å². The number of esters is 2. The van der Waals surface area contributed by atoms with E-state index < -0.39 is 31.4 Å². The molecule has 8 heteroatoms. The van der Waals surface area contributed by atoms with Crippen LogP contribution in [0.2, 0.25) is 0 Å². The van der Waals surface area contributed by atoms with E-state index in [4.69, 9.17) is 18.5 Å². The Kier molecular flexibility index (Phi) is 18.3. The van der Waals surface area contributed by atoms with Gasteiger partial charge in [0, 0.05) is 11.1 Å². The van der Waals surface area contributed by atoms with E-state index in [2.05, 4.69) is 69.2 Å². The first-order valence-electron chi connectivity index (χ1n) is 19.9. The SMILES string of the molecule is CCCCC(CCCC)(CC(=O)Oc1cc(C)ccc1C(C)(C)C)O[PH](=O)OC(CCCC)(CCCC)CC(=O)Oc1cc(C)ccc1C(C)(C)C. The number of carbonyl (C=O) groups excluding carboxylic acids is 2. The smallest absolute Gasteiger partial charge is 0.320 e. The van der Waals surface area contributed by atoms with Gasteiger partial charge in [0.15, 0.2) is 0 Å². The second-order valence-electron chi connectivity index (χ2n) is 17.0. The lowest BCUT2D eigenvalue weighted by Crippen LogP contribution is -2.38. The molecule has 0 unspecified atom stereocenters. The molecule has 52 heavy (non-hydrogen) atoms. The van der Waals surface area contributed by atoms with Crippen LogP contribution in [0.1, 0.15) is 181 Å². The maximum absolute atomic E-state index is 14.3. The van der Waals surface area contributed by atoms with Crippen LogP contribution in [0.5, 0.6) is 11.5 Å². The first-order chi connectivity index (χ1) is 24.3. The molecule has 0 spiro atoms. The van der Waals surface area contributed by atoms with Gasteiger partial charge in [-0.15, -0.1) is 0 Å². The topological polar surface area (TPSA) is 88.1 Å². The van der Waals surface area contributed by atoms with Gasteiger partial charge in [0.05, 0.1) is 24.0 Å². The fraction of sp³-hybridized carbons (Fsp3) is 0.682. The van der Waals surface area contributed by atoms with Gasteiger partial charge >= 0.3 is 20.2 Å². The van der Waals surface area contributed by atoms with Crippen LogP contribution >= 0.6 is 8.25 Å². The minimum Gasteiger partial charge on any atom is -0.426 e. The third kappa shape index (κ3) is 14.7. The molecule has 2 rings (SSSR count). The van der Waals surface area contributed by atoms with E-state index in [1.165, 1.54) is 0 Å². The second-order valence-corrected chi connectivity index (χ2v) is 17.9. The van der Waals surface area contributed by atoms with Gasteiger partial charge in [-0.1, -0.05) is 145 Å². The summed E-state index contributed by atoms with van der Waals surface area (Å²) in [7, 11) is -3.20. The predicted molar refractivity (Wildman–Crippen MR) is 215 cm³/mol. The molecule has 0 radical (unpaired) electrons. The Morgan fingerprint density at radius 2 is 0.865 bits per heavy atom. The van der Waals surface area contributed by atoms with Crippen LogP contribution < -0.4 is 9.47 Å². The van der Waals surface area contributed by atoms with E-state index in [0.29, 0.717) is 37.2 Å². The minimum absolute atomic E-state index is 0.0494. The fourth-order valence-electron chi connectivity index (χ4n) is 6.76. The zero-order valence-corrected chi connectivity index (χ0v) is 35.7. The van der Waals surface area contributed by atoms with Crippen LogP contribution in [0.25, 0.3) is 0 Å². The summed E-state index contributed by atoms with van der Waals surface area (Å²) in [4.78, 5) is 27.7. The van der Waals surface area contributed by atoms with Crippen LogP contribution in [0.3, 0.4) is 0 Å². The lowest BCUT2D eigenvalue weighted by molar-refractivity contribution is -0.140. The van der Waals surface area contributed by atoms with Gasteiger partial charge < -0.3 is 18.5 Å². The number of rotatable bonds is 22. The summed E-state index contributed by atoms with van der Waals surface area (Å²) in [5.41, 5.74) is 1.37. The Hall–Kier alpha value is -2.47. The highest BCUT2D eigenvalue weighted by Gasteiger charge is 2.41. The third-order valence-electron chi connectivity index (χ3n) is 9.81. The van der Waals surface area contributed by atoms with E-state index in [9.17, 15) is 14.2 Å². The lowest BCUT2D eigenvalue weighted by Gasteiger charge is -2.37. The van der Waals surface area contributed by atoms with Crippen LogP contribution in [0.4, 0.5) is 0 Å². The van der Waals surface area contributed by atoms with Gasteiger partial charge in [-0.3, -0.25) is 14.2 Å². The molecule has 0 amide bonds. The van der Waals surface area contributed by atoms with Gasteiger partial charge in [-0.2, -0.15) is 0 Å². The van der Waals surface area contributed by atoms with Gasteiger partial charge in [-0.25, -0.2) is 0 Å². The molecule has 294 valence electrons. The predicted octanol–water partition coefficient (Wildman–Crippen LogP) is 12.9. The Balaban J connectivity index is 2.48. The van der Waals surface area contributed by atoms with E-state index in [0.717, 1.165) is 73.6 Å². The third-order valence-corrected chi connectivity index (χ3v) is 11.0. The number of benzene rings is 2. The van der Waals surface area contributed by atoms with Gasteiger partial charge in [0.2, 0.25) is 0 Å². The van der Waals surface area contributed by atoms with Crippen molar-refractivity contribution in [1.82, 2.24) is 0 Å². The number of carbonyl (C=O) groups is 2. The molecule has 2 aromatic rings. The molecular weight excluding hydrogens is 671 g/mol. The van der Waals surface area contributed by atoms with Crippen molar-refractivity contribution < 1.29 is 32.7 Å². The quantitative estimate of drug-likeness (QED) is 0.0674. The van der Waals surface area contributed by atoms with Crippen LogP contribution in [-0.2, 0) is 34.0 Å². The largest absolute Gasteiger partial charge is 0.426 e. The van der Waals surface area contributed by atoms with Crippen molar-refractivity contribution >= 4 is 20.2 Å². The van der Waals surface area contributed by atoms with Crippen LogP contribution in [0, 0.1) is 13.8 Å². The summed E-state index contributed by atoms with van der Waals surface area (Å²) in [5.74, 6) is 0.248. The van der Waals surface area contributed by atoms with Crippen LogP contribution in [0.15, 0.2) is 36.4 Å². The molecule has 0 aliphatic rings. The van der Waals surface area contributed by atoms with E-state index in [-0.39, 0.29) is 23.7 Å². The van der Waals surface area contributed by atoms with E-state index in [1.807, 2.05) is 50.2 Å². The number of aryl methyl sites for hydroxylation is 2. The zero-order valence-electron chi connectivity index (χ0n) is 34.7. The number of ether oxygens (including phenoxy) is 2. The monoisotopic (exact) mass is 742 g/mol. The molecule has 0 heterocycles. The molecule has 0 saturated heterocycles. The van der Waals surface area contributed by atoms with Crippen molar-refractivity contribution in [3.05, 3.63) is 58.7 Å². The van der Waals surface area contributed by atoms with Crippen molar-refractivity contribution in [2.75, 3.05) is 0 Å². The fourth-order valence-corrected chi connectivity index (χ4v) is 8.06. The Morgan fingerprint density at radius 3 is 1.13 bits per heavy atom. The molecule has 7 nitrogen and oxygen atoms in total. The molecule has 0 bridgehead atoms. The maximum Gasteiger partial charge on any atom is 0.320 e. The van der Waals surface area contributed by atoms with Crippen molar-refractivity contribution in [2.45, 2.75) is 195 Å². The normalized spacial score (nSPS) is 12.7. The summed E-state index contributed by atoms with van der Waals surface area (Å²) in [5, 5.41) is 0. The summed E-state index contributed by atoms with van der Waals surface area (Å²) in [6.45, 7) is 24.9. The highest BCUT2D eigenvalue weighted by atomic mass is 31.1. The number of hydrogen-bond donors (Lipinski definition) is 0. The molecule has 0 aliphatic carbocycles. The average molecular weight is 743 g/mol. The summed E-state index contributed by atoms with van der Waals surface area (Å²) in [6.07, 6.45) is 8.78. The first-order valence-corrected chi connectivity index (χ1v) is 21.1. The van der Waals surface area contributed by atoms with Crippen molar-refractivity contribution in [3.8, 4) is 11.5 Å². The van der Waals surface area contributed by atoms with Gasteiger partial charge in [0.25, 0.3) is 0 Å². The average Bonchev–Trinajstić information content (AvgIpc) is 3.03. The van der Waals surface area contributed by atoms with Gasteiger partial charge in [0.1, 0.15) is 11.5 Å². The van der Waals surface area contributed by atoms with E-state index >= 15 is 0 Å². The second kappa shape index (κ2) is 20.8. The summed E-state index contributed by atoms with van der Waals surface area (Å²) < 4.78 is 39.6. The van der Waals surface area contributed by atoms with Gasteiger partial charge in [-0.05, 0) is 73.6 Å². The lowest BCUT2D eigenvalue weighted by atomic mass is 9.85. The molecule has 2 aromatic carbocycles. The highest BCUT2D eigenvalue weighted by Crippen LogP contribution is 2.47. The zero-order chi connectivity index (χ0) is 39.2. The van der Waals surface area contributed by atoms with Crippen molar-refractivity contribution in [1.29, 1.82) is 0 Å². The number of hydrogen-bond acceptors (Lipinski definition) is 7. The molecule has 0 atom stereocenters. The summed E-state index contributed by atoms with van der Waals surface area (Å²) >= 11 is 0. The Morgan fingerprint density at radius 1 is 0.558 bits per heavy atom. The first kappa shape index (κ1) is 45.7. The molecule has 0 aromatic heterocycles. The Labute approximate surface area is 317 Å². The molecular formula is C44H71O7P. The molecule has 0 fully saturated rings.